The Balaban J connectivity index is 0.663. The van der Waals surface area contributed by atoms with E-state index in [9.17, 15) is 14.4 Å². The molecule has 5 rings (SSSR count). The van der Waals surface area contributed by atoms with Gasteiger partial charge in [0.1, 0.15) is 13.2 Å². The summed E-state index contributed by atoms with van der Waals surface area (Å²) >= 11 is 0. The van der Waals surface area contributed by atoms with E-state index >= 15 is 0 Å². The lowest BCUT2D eigenvalue weighted by Gasteiger charge is -2.35. The number of methoxy groups -OCH3 is 1. The average Bonchev–Trinajstić information content (AvgIpc) is 1.78. The van der Waals surface area contributed by atoms with E-state index in [0.717, 1.165) is 16.5 Å². The molecule has 0 spiro atoms. The molecule has 0 radical (unpaired) electrons. The van der Waals surface area contributed by atoms with Crippen molar-refractivity contribution < 1.29 is 119 Å². The Morgan fingerprint density at radius 1 is 0.456 bits per heavy atom. The molecule has 2 aromatic heterocycles. The van der Waals surface area contributed by atoms with Crippen molar-refractivity contribution in [2.24, 2.45) is 0 Å². The summed E-state index contributed by atoms with van der Waals surface area (Å²) in [5, 5.41) is 0.954. The van der Waals surface area contributed by atoms with Crippen LogP contribution in [-0.2, 0) is 132 Å². The number of rotatable bonds is 62. The van der Waals surface area contributed by atoms with Crippen LogP contribution in [0.1, 0.15) is 30.0 Å². The summed E-state index contributed by atoms with van der Waals surface area (Å²) in [7, 11) is 1.64. The van der Waals surface area contributed by atoms with Crippen molar-refractivity contribution in [3.05, 3.63) is 63.4 Å². The second kappa shape index (κ2) is 51.0. The minimum atomic E-state index is -1.87. The fraction of sp³-hybridized carbons (Fsp3) is 0.742. The minimum Gasteiger partial charge on any atom is -0.457 e. The first-order valence-corrected chi connectivity index (χ1v) is 31.1. The van der Waals surface area contributed by atoms with Crippen molar-refractivity contribution in [3.63, 3.8) is 0 Å². The first-order valence-electron chi connectivity index (χ1n) is 31.1. The highest BCUT2D eigenvalue weighted by Crippen LogP contribution is 2.41. The van der Waals surface area contributed by atoms with E-state index in [-0.39, 0.29) is 49.5 Å². The number of para-hydroxylation sites is 1. The summed E-state index contributed by atoms with van der Waals surface area (Å²) in [4.78, 5) is 44.8. The second-order valence-corrected chi connectivity index (χ2v) is 19.6. The molecule has 0 N–H and O–H groups in total. The molecule has 28 heteroatoms. The highest BCUT2D eigenvalue weighted by atomic mass is 16.7. The zero-order chi connectivity index (χ0) is 63.5. The zero-order valence-electron chi connectivity index (χ0n) is 52.9. The van der Waals surface area contributed by atoms with Crippen LogP contribution >= 0.6 is 0 Å². The van der Waals surface area contributed by atoms with E-state index in [2.05, 4.69) is 0 Å². The van der Waals surface area contributed by atoms with Gasteiger partial charge in [0.2, 0.25) is 5.60 Å². The molecular formula is C62H98N2O26. The smallest absolute Gasteiger partial charge is 0.457 e. The molecule has 1 aromatic carbocycles. The van der Waals surface area contributed by atoms with Gasteiger partial charge >= 0.3 is 12.1 Å². The van der Waals surface area contributed by atoms with Gasteiger partial charge in [0.05, 0.1) is 287 Å². The third-order valence-corrected chi connectivity index (χ3v) is 13.2. The number of ether oxygens (including phenoxy) is 23. The van der Waals surface area contributed by atoms with Gasteiger partial charge in [-0.15, -0.1) is 0 Å². The molecule has 3 aromatic rings. The SMILES string of the molecule is CC[C@@]1(OC(=O)OCCOCCOCCOCCOCCOCCOCCOCCOCCOCCOCCOCCOCCOCCOCCOCCOCCOCCOCCOCCOC)C(=O)OCc2c1cc1n(c2=O)Cc2cc3ccccc3nc2-1. The normalized spacial score (nSPS) is 14.3. The third-order valence-electron chi connectivity index (χ3n) is 13.2. The van der Waals surface area contributed by atoms with Crippen molar-refractivity contribution in [1.29, 1.82) is 0 Å². The highest BCUT2D eigenvalue weighted by Gasteiger charge is 2.51. The van der Waals surface area contributed by atoms with Gasteiger partial charge in [0.25, 0.3) is 5.56 Å². The fourth-order valence-corrected chi connectivity index (χ4v) is 8.64. The molecule has 2 aliphatic rings. The molecule has 0 unspecified atom stereocenters. The standard InChI is InChI=1S/C62H98N2O26/c1-3-62(55-49-57-58-53(48-52-6-4-5-7-56(52)63-58)50-64(57)59(65)54(55)51-89-60(62)66)90-61(67)88-47-46-87-45-44-86-43-42-85-41-40-84-39-38-83-37-36-82-35-34-81-33-32-80-31-30-79-29-28-78-27-26-77-25-24-76-23-22-75-21-20-74-19-18-73-17-16-72-15-14-71-13-12-70-11-10-69-9-8-68-2/h4-7,48-49H,3,8-47,50-51H2,1-2H3/t62-/m0/s1. The number of fused-ring (bicyclic) bond motifs is 5. The molecule has 0 aliphatic carbocycles. The van der Waals surface area contributed by atoms with Crippen LogP contribution in [0.15, 0.2) is 41.2 Å². The highest BCUT2D eigenvalue weighted by molar-refractivity contribution is 5.87. The number of nitrogens with zero attached hydrogens (tertiary/aromatic N) is 2. The number of carbonyl (C=O) groups is 2. The lowest BCUT2D eigenvalue weighted by molar-refractivity contribution is -0.175. The second-order valence-electron chi connectivity index (χ2n) is 19.6. The van der Waals surface area contributed by atoms with E-state index in [0.29, 0.717) is 262 Å². The molecule has 0 saturated heterocycles. The number of cyclic esters (lactones) is 1. The summed E-state index contributed by atoms with van der Waals surface area (Å²) in [5.74, 6) is -0.779. The van der Waals surface area contributed by atoms with Crippen LogP contribution in [0.5, 0.6) is 0 Å². The largest absolute Gasteiger partial charge is 0.509 e. The molecule has 1 atom stereocenters. The Kier molecular flexibility index (Phi) is 43.2. The Labute approximate surface area is 527 Å². The van der Waals surface area contributed by atoms with E-state index < -0.39 is 17.7 Å². The number of hydrogen-bond donors (Lipinski definition) is 0. The first kappa shape index (κ1) is 76.2. The van der Waals surface area contributed by atoms with Crippen LogP contribution in [0.3, 0.4) is 0 Å². The molecule has 0 amide bonds. The number of aromatic nitrogens is 2. The lowest BCUT2D eigenvalue weighted by Crippen LogP contribution is -2.47. The topological polar surface area (TPSA) is 281 Å². The van der Waals surface area contributed by atoms with Crippen LogP contribution in [-0.4, -0.2) is 293 Å². The number of benzene rings is 1. The van der Waals surface area contributed by atoms with Crippen LogP contribution in [0.2, 0.25) is 0 Å². The van der Waals surface area contributed by atoms with Gasteiger partial charge in [-0.1, -0.05) is 25.1 Å². The van der Waals surface area contributed by atoms with E-state index in [1.54, 1.807) is 24.7 Å². The van der Waals surface area contributed by atoms with Gasteiger partial charge in [-0.2, -0.15) is 0 Å². The van der Waals surface area contributed by atoms with Crippen LogP contribution in [0, 0.1) is 0 Å². The Hall–Kier alpha value is -4.48. The Morgan fingerprint density at radius 3 is 1.11 bits per heavy atom. The summed E-state index contributed by atoms with van der Waals surface area (Å²) in [6.07, 6.45) is -1.08. The maximum absolute atomic E-state index is 13.8. The summed E-state index contributed by atoms with van der Waals surface area (Å²) in [5.41, 5.74) is 1.14. The van der Waals surface area contributed by atoms with Crippen LogP contribution in [0.25, 0.3) is 22.3 Å². The third kappa shape index (κ3) is 31.9. The molecule has 512 valence electrons. The number of esters is 1. The molecule has 0 fully saturated rings. The maximum atomic E-state index is 13.8. The van der Waals surface area contributed by atoms with Crippen LogP contribution < -0.4 is 5.56 Å². The summed E-state index contributed by atoms with van der Waals surface area (Å²) in [6.45, 7) is 19.4. The van der Waals surface area contributed by atoms with Crippen molar-refractivity contribution >= 4 is 23.0 Å². The number of pyridine rings is 2. The zero-order valence-corrected chi connectivity index (χ0v) is 52.9. The van der Waals surface area contributed by atoms with Gasteiger partial charge in [-0.05, 0) is 24.6 Å². The first-order chi connectivity index (χ1) is 44.5. The minimum absolute atomic E-state index is 0.0150. The Bertz CT molecular complexity index is 2370. The molecular weight excluding hydrogens is 1190 g/mol. The predicted molar refractivity (Wildman–Crippen MR) is 322 cm³/mol. The lowest BCUT2D eigenvalue weighted by atomic mass is 9.85. The van der Waals surface area contributed by atoms with Crippen molar-refractivity contribution in [3.8, 4) is 11.4 Å². The summed E-state index contributed by atoms with van der Waals surface area (Å²) in [6, 6.07) is 11.4. The molecule has 90 heavy (non-hydrogen) atoms. The quantitative estimate of drug-likeness (QED) is 0.0453. The van der Waals surface area contributed by atoms with Gasteiger partial charge < -0.3 is 114 Å². The van der Waals surface area contributed by atoms with Gasteiger partial charge in [-0.3, -0.25) is 4.79 Å². The fourth-order valence-electron chi connectivity index (χ4n) is 8.64. The van der Waals surface area contributed by atoms with E-state index in [4.69, 9.17) is 114 Å². The molecule has 0 saturated carbocycles. The monoisotopic (exact) mass is 1290 g/mol. The molecule has 0 bridgehead atoms. The van der Waals surface area contributed by atoms with Gasteiger partial charge in [-0.25, -0.2) is 14.6 Å². The summed E-state index contributed by atoms with van der Waals surface area (Å²) < 4.78 is 127. The van der Waals surface area contributed by atoms with E-state index in [1.165, 1.54) is 0 Å². The van der Waals surface area contributed by atoms with E-state index in [1.807, 2.05) is 30.3 Å². The number of hydrogen-bond acceptors (Lipinski definition) is 27. The van der Waals surface area contributed by atoms with Crippen molar-refractivity contribution in [2.75, 3.05) is 271 Å². The van der Waals surface area contributed by atoms with Gasteiger partial charge in [0, 0.05) is 23.6 Å². The maximum Gasteiger partial charge on any atom is 0.509 e. The van der Waals surface area contributed by atoms with Crippen molar-refractivity contribution in [2.45, 2.75) is 32.1 Å². The van der Waals surface area contributed by atoms with Crippen LogP contribution in [0.4, 0.5) is 4.79 Å². The Morgan fingerprint density at radius 2 is 0.778 bits per heavy atom. The molecule has 2 aliphatic heterocycles. The average molecular weight is 1290 g/mol. The molecule has 4 heterocycles. The number of carbonyl (C=O) groups excluding carboxylic acids is 2. The van der Waals surface area contributed by atoms with Crippen molar-refractivity contribution in [1.82, 2.24) is 9.55 Å². The predicted octanol–water partition coefficient (Wildman–Crippen LogP) is 3.20. The van der Waals surface area contributed by atoms with Gasteiger partial charge in [0.15, 0.2) is 0 Å². The molecule has 28 nitrogen and oxygen atoms in total.